The van der Waals surface area contributed by atoms with Gasteiger partial charge in [0.2, 0.25) is 0 Å². The van der Waals surface area contributed by atoms with Crippen molar-refractivity contribution in [2.45, 2.75) is 13.3 Å². The van der Waals surface area contributed by atoms with Crippen molar-refractivity contribution in [1.29, 1.82) is 0 Å². The predicted octanol–water partition coefficient (Wildman–Crippen LogP) is 1.08. The van der Waals surface area contributed by atoms with Gasteiger partial charge in [0.25, 0.3) is 0 Å². The lowest BCUT2D eigenvalue weighted by molar-refractivity contribution is 1.23. The highest BCUT2D eigenvalue weighted by Crippen LogP contribution is 1.71. The minimum atomic E-state index is 1.11. The fourth-order valence-electron chi connectivity index (χ4n) is 0.118. The van der Waals surface area contributed by atoms with Crippen LogP contribution in [0.3, 0.4) is 0 Å². The van der Waals surface area contributed by atoms with Crippen LogP contribution in [0.25, 0.3) is 0 Å². The van der Waals surface area contributed by atoms with E-state index in [1.165, 1.54) is 0 Å². The van der Waals surface area contributed by atoms with Crippen molar-refractivity contribution in [2.24, 2.45) is 0 Å². The Kier molecular flexibility index (Phi) is 3.92. The van der Waals surface area contributed by atoms with E-state index in [-0.39, 0.29) is 0 Å². The van der Waals surface area contributed by atoms with Gasteiger partial charge in [-0.25, -0.2) is 0 Å². The first-order valence-electron chi connectivity index (χ1n) is 1.74. The van der Waals surface area contributed by atoms with E-state index >= 15 is 0 Å². The smallest absolute Gasteiger partial charge is 0.0596 e. The third-order valence-electron chi connectivity index (χ3n) is 0.354. The van der Waals surface area contributed by atoms with Gasteiger partial charge in [-0.1, -0.05) is 13.0 Å². The van der Waals surface area contributed by atoms with Crippen LogP contribution in [0.1, 0.15) is 13.3 Å². The molecule has 0 amide bonds. The molecule has 0 saturated heterocycles. The van der Waals surface area contributed by atoms with Gasteiger partial charge in [-0.15, -0.1) is 5.70 Å². The van der Waals surface area contributed by atoms with E-state index in [0.717, 1.165) is 6.42 Å². The highest BCUT2D eigenvalue weighted by atomic mass is 28.1. The Morgan fingerprint density at radius 1 is 1.80 bits per heavy atom. The average Bonchev–Trinajstić information content (AvgIpc) is 1.41. The molecule has 0 aliphatic heterocycles. The van der Waals surface area contributed by atoms with E-state index in [9.17, 15) is 0 Å². The topological polar surface area (TPSA) is 0 Å². The Bertz CT molecular complexity index is 30.6. The summed E-state index contributed by atoms with van der Waals surface area (Å²) >= 11 is 0. The predicted molar refractivity (Wildman–Crippen MR) is 25.2 cm³/mol. The third-order valence-corrected chi connectivity index (χ3v) is 0.589. The van der Waals surface area contributed by atoms with Crippen LogP contribution in [-0.2, 0) is 0 Å². The first kappa shape index (κ1) is 4.96. The first-order valence-corrected chi connectivity index (χ1v) is 2.31. The summed E-state index contributed by atoms with van der Waals surface area (Å²) in [6.07, 6.45) is 3.15. The Balaban J connectivity index is 2.62. The molecular formula is C4H7Si. The lowest BCUT2D eigenvalue weighted by atomic mass is 10.5. The van der Waals surface area contributed by atoms with Gasteiger partial charge in [0.05, 0.1) is 10.2 Å². The molecule has 0 atom stereocenters. The molecule has 0 heterocycles. The van der Waals surface area contributed by atoms with Crippen LogP contribution >= 0.6 is 0 Å². The van der Waals surface area contributed by atoms with E-state index in [2.05, 4.69) is 17.2 Å². The van der Waals surface area contributed by atoms with Crippen molar-refractivity contribution in [3.8, 4) is 0 Å². The van der Waals surface area contributed by atoms with Gasteiger partial charge in [-0.05, 0) is 6.42 Å². The molecule has 0 spiro atoms. The van der Waals surface area contributed by atoms with Gasteiger partial charge in [0, 0.05) is 0 Å². The van der Waals surface area contributed by atoms with Crippen molar-refractivity contribution in [2.75, 3.05) is 0 Å². The molecule has 0 fully saturated rings. The van der Waals surface area contributed by atoms with Crippen molar-refractivity contribution in [3.63, 3.8) is 0 Å². The molecule has 27 valence electrons. The Morgan fingerprint density at radius 2 is 2.40 bits per heavy atom. The maximum atomic E-state index is 3.17. The molecule has 0 nitrogen and oxygen atoms in total. The normalized spacial score (nSPS) is 10.0. The molecule has 1 heteroatoms. The van der Waals surface area contributed by atoms with Crippen LogP contribution in [0.2, 0.25) is 0 Å². The second-order valence-electron chi connectivity index (χ2n) is 0.811. The number of rotatable bonds is 1. The van der Waals surface area contributed by atoms with Crippen LogP contribution in [0, 0.1) is 0 Å². The summed E-state index contributed by atoms with van der Waals surface area (Å²) in [5, 5.41) is 0. The van der Waals surface area contributed by atoms with Crippen LogP contribution in [0.15, 0.2) is 11.8 Å². The first-order chi connectivity index (χ1) is 2.41. The zero-order valence-electron chi connectivity index (χ0n) is 3.36. The molecule has 0 unspecified atom stereocenters. The average molecular weight is 83.2 g/mol. The minimum absolute atomic E-state index is 1.11. The zero-order valence-corrected chi connectivity index (χ0v) is 4.36. The Hall–Kier alpha value is -0.0431. The molecule has 0 aliphatic rings. The fourth-order valence-corrected chi connectivity index (χ4v) is 0.354. The lowest BCUT2D eigenvalue weighted by Crippen LogP contribution is -1.49. The molecule has 5 heavy (non-hydrogen) atoms. The maximum absolute atomic E-state index is 3.17. The molecular weight excluding hydrogens is 76.1 g/mol. The summed E-state index contributed by atoms with van der Waals surface area (Å²) in [7, 11) is 3.17. The van der Waals surface area contributed by atoms with Crippen molar-refractivity contribution >= 4 is 10.2 Å². The summed E-state index contributed by atoms with van der Waals surface area (Å²) < 4.78 is 0. The highest BCUT2D eigenvalue weighted by Gasteiger charge is 1.52. The van der Waals surface area contributed by atoms with Crippen LogP contribution in [-0.4, -0.2) is 10.2 Å². The van der Waals surface area contributed by atoms with E-state index < -0.39 is 0 Å². The molecule has 3 radical (unpaired) electrons. The summed E-state index contributed by atoms with van der Waals surface area (Å²) in [6, 6.07) is 0. The second-order valence-corrected chi connectivity index (χ2v) is 1.14. The third kappa shape index (κ3) is 3.96. The van der Waals surface area contributed by atoms with Crippen LogP contribution in [0.4, 0.5) is 0 Å². The second kappa shape index (κ2) is 3.96. The van der Waals surface area contributed by atoms with Gasteiger partial charge < -0.3 is 0 Å². The highest BCUT2D eigenvalue weighted by molar-refractivity contribution is 6.16. The van der Waals surface area contributed by atoms with E-state index in [0.29, 0.717) is 0 Å². The van der Waals surface area contributed by atoms with Crippen molar-refractivity contribution in [3.05, 3.63) is 11.8 Å². The Morgan fingerprint density at radius 3 is 2.40 bits per heavy atom. The minimum Gasteiger partial charge on any atom is -0.106 e. The van der Waals surface area contributed by atoms with Crippen LogP contribution in [0.5, 0.6) is 0 Å². The van der Waals surface area contributed by atoms with Crippen LogP contribution < -0.4 is 0 Å². The van der Waals surface area contributed by atoms with Gasteiger partial charge in [-0.2, -0.15) is 0 Å². The van der Waals surface area contributed by atoms with Gasteiger partial charge >= 0.3 is 0 Å². The van der Waals surface area contributed by atoms with E-state index in [1.807, 2.05) is 11.8 Å². The van der Waals surface area contributed by atoms with Crippen molar-refractivity contribution in [1.82, 2.24) is 0 Å². The monoisotopic (exact) mass is 83.0 g/mol. The quantitative estimate of drug-likeness (QED) is 0.416. The standard InChI is InChI=1S/C4H7Si/c1-2-3-4-5/h3-4H,2H2,1H3/b4-3+. The largest absolute Gasteiger partial charge is 0.106 e. The molecule has 0 aromatic carbocycles. The molecule has 0 aliphatic carbocycles. The van der Waals surface area contributed by atoms with E-state index in [4.69, 9.17) is 0 Å². The van der Waals surface area contributed by atoms with Gasteiger partial charge in [0.15, 0.2) is 0 Å². The summed E-state index contributed by atoms with van der Waals surface area (Å²) in [5.41, 5.74) is 1.86. The lowest BCUT2D eigenvalue weighted by Gasteiger charge is -1.64. The van der Waals surface area contributed by atoms with Gasteiger partial charge in [-0.3, -0.25) is 0 Å². The molecule has 0 rings (SSSR count). The maximum Gasteiger partial charge on any atom is 0.0596 e. The number of hydrogen-bond acceptors (Lipinski definition) is 0. The SMILES string of the molecule is CC/C=C/[Si]. The van der Waals surface area contributed by atoms with E-state index in [1.54, 1.807) is 0 Å². The molecule has 0 N–H and O–H groups in total. The fraction of sp³-hybridized carbons (Fsp3) is 0.500. The molecule has 0 aromatic rings. The van der Waals surface area contributed by atoms with Crippen molar-refractivity contribution < 1.29 is 0 Å². The summed E-state index contributed by atoms with van der Waals surface area (Å²) in [5.74, 6) is 0. The summed E-state index contributed by atoms with van der Waals surface area (Å²) in [6.45, 7) is 2.09. The number of allylic oxidation sites excluding steroid dienone is 1. The molecule has 0 aromatic heterocycles. The zero-order chi connectivity index (χ0) is 4.12. The Labute approximate surface area is 36.3 Å². The molecule has 0 bridgehead atoms. The number of hydrogen-bond donors (Lipinski definition) is 0. The van der Waals surface area contributed by atoms with Gasteiger partial charge in [0.1, 0.15) is 0 Å². The molecule has 0 saturated carbocycles. The summed E-state index contributed by atoms with van der Waals surface area (Å²) in [4.78, 5) is 0.